The van der Waals surface area contributed by atoms with E-state index < -0.39 is 5.82 Å². The van der Waals surface area contributed by atoms with Crippen LogP contribution in [0.2, 0.25) is 0 Å². The number of nitrogens with one attached hydrogen (secondary N) is 1. The van der Waals surface area contributed by atoms with E-state index in [9.17, 15) is 9.60 Å². The molecule has 0 aromatic heterocycles. The van der Waals surface area contributed by atoms with Crippen molar-refractivity contribution in [2.75, 3.05) is 0 Å². The average Bonchev–Trinajstić information content (AvgIpc) is 3.33. The Hall–Kier alpha value is -1.47. The zero-order valence-electron chi connectivity index (χ0n) is 12.1. The SMILES string of the molecule is Cc1cc(N=C(NO)c2ccccc2F)c(C2CC2)cc1I. The van der Waals surface area contributed by atoms with Crippen LogP contribution in [0.5, 0.6) is 0 Å². The number of amidine groups is 1. The summed E-state index contributed by atoms with van der Waals surface area (Å²) in [6, 6.07) is 10.4. The normalized spacial score (nSPS) is 15.0. The highest BCUT2D eigenvalue weighted by atomic mass is 127. The van der Waals surface area contributed by atoms with Gasteiger partial charge in [-0.25, -0.2) is 9.38 Å². The van der Waals surface area contributed by atoms with Crippen molar-refractivity contribution in [2.24, 2.45) is 4.99 Å². The molecule has 114 valence electrons. The molecule has 1 aliphatic rings. The van der Waals surface area contributed by atoms with Crippen molar-refractivity contribution in [3.05, 3.63) is 62.5 Å². The maximum atomic E-state index is 13.9. The monoisotopic (exact) mass is 410 g/mol. The van der Waals surface area contributed by atoms with Crippen LogP contribution in [0.25, 0.3) is 0 Å². The number of aryl methyl sites for hydroxylation is 1. The highest BCUT2D eigenvalue weighted by Gasteiger charge is 2.27. The fourth-order valence-corrected chi connectivity index (χ4v) is 2.91. The largest absolute Gasteiger partial charge is 0.290 e. The van der Waals surface area contributed by atoms with Gasteiger partial charge in [-0.1, -0.05) is 12.1 Å². The van der Waals surface area contributed by atoms with Crippen molar-refractivity contribution >= 4 is 34.1 Å². The fraction of sp³-hybridized carbons (Fsp3) is 0.235. The quantitative estimate of drug-likeness (QED) is 0.334. The maximum Gasteiger partial charge on any atom is 0.160 e. The van der Waals surface area contributed by atoms with Gasteiger partial charge in [0.15, 0.2) is 5.84 Å². The maximum absolute atomic E-state index is 13.9. The van der Waals surface area contributed by atoms with Gasteiger partial charge in [0.05, 0.1) is 11.3 Å². The number of benzene rings is 2. The number of hydrogen-bond acceptors (Lipinski definition) is 2. The Morgan fingerprint density at radius 1 is 1.32 bits per heavy atom. The number of aliphatic imine (C=N–C) groups is 1. The van der Waals surface area contributed by atoms with Crippen LogP contribution < -0.4 is 5.48 Å². The molecule has 22 heavy (non-hydrogen) atoms. The van der Waals surface area contributed by atoms with Gasteiger partial charge >= 0.3 is 0 Å². The van der Waals surface area contributed by atoms with E-state index in [1.54, 1.807) is 18.2 Å². The molecule has 2 aromatic carbocycles. The number of hydroxylamine groups is 1. The Kier molecular flexibility index (Phi) is 4.44. The summed E-state index contributed by atoms with van der Waals surface area (Å²) in [5.74, 6) is 0.229. The topological polar surface area (TPSA) is 44.6 Å². The van der Waals surface area contributed by atoms with Crippen molar-refractivity contribution in [3.8, 4) is 0 Å². The Labute approximate surface area is 142 Å². The van der Waals surface area contributed by atoms with Gasteiger partial charge in [0.1, 0.15) is 5.82 Å². The van der Waals surface area contributed by atoms with Crippen LogP contribution in [0.4, 0.5) is 10.1 Å². The van der Waals surface area contributed by atoms with E-state index in [1.165, 1.54) is 15.2 Å². The lowest BCUT2D eigenvalue weighted by Crippen LogP contribution is -2.21. The lowest BCUT2D eigenvalue weighted by molar-refractivity contribution is 0.234. The molecule has 0 radical (unpaired) electrons. The Balaban J connectivity index is 2.10. The molecule has 0 unspecified atom stereocenters. The fourth-order valence-electron chi connectivity index (χ4n) is 2.42. The van der Waals surface area contributed by atoms with Gasteiger partial charge < -0.3 is 0 Å². The van der Waals surface area contributed by atoms with Gasteiger partial charge in [-0.2, -0.15) is 0 Å². The van der Waals surface area contributed by atoms with E-state index in [-0.39, 0.29) is 11.4 Å². The zero-order chi connectivity index (χ0) is 15.7. The first-order valence-corrected chi connectivity index (χ1v) is 8.21. The van der Waals surface area contributed by atoms with E-state index in [1.807, 2.05) is 18.5 Å². The number of nitrogens with zero attached hydrogens (tertiary/aromatic N) is 1. The molecule has 0 heterocycles. The number of hydrogen-bond donors (Lipinski definition) is 2. The predicted molar refractivity (Wildman–Crippen MR) is 93.4 cm³/mol. The van der Waals surface area contributed by atoms with Gasteiger partial charge in [0.25, 0.3) is 0 Å². The Morgan fingerprint density at radius 3 is 2.68 bits per heavy atom. The molecular weight excluding hydrogens is 394 g/mol. The molecule has 1 fully saturated rings. The van der Waals surface area contributed by atoms with E-state index in [2.05, 4.69) is 33.6 Å². The smallest absolute Gasteiger partial charge is 0.160 e. The second-order valence-electron chi connectivity index (χ2n) is 5.49. The second kappa shape index (κ2) is 6.34. The van der Waals surface area contributed by atoms with E-state index in [0.717, 1.165) is 24.1 Å². The predicted octanol–water partition coefficient (Wildman–Crippen LogP) is 4.67. The van der Waals surface area contributed by atoms with Crippen molar-refractivity contribution in [1.82, 2.24) is 5.48 Å². The molecule has 5 heteroatoms. The summed E-state index contributed by atoms with van der Waals surface area (Å²) in [5.41, 5.74) is 5.37. The first-order chi connectivity index (χ1) is 10.6. The van der Waals surface area contributed by atoms with Crippen LogP contribution in [-0.2, 0) is 0 Å². The van der Waals surface area contributed by atoms with Crippen molar-refractivity contribution in [2.45, 2.75) is 25.7 Å². The van der Waals surface area contributed by atoms with Crippen LogP contribution in [0.3, 0.4) is 0 Å². The molecule has 3 nitrogen and oxygen atoms in total. The summed E-state index contributed by atoms with van der Waals surface area (Å²) in [6.07, 6.45) is 2.31. The van der Waals surface area contributed by atoms with Gasteiger partial charge in [0.2, 0.25) is 0 Å². The second-order valence-corrected chi connectivity index (χ2v) is 6.65. The molecule has 3 rings (SSSR count). The third-order valence-corrected chi connectivity index (χ3v) is 4.95. The standard InChI is InChI=1S/C17H16FIN2O/c1-10-8-16(13(9-15(10)19)11-6-7-11)20-17(21-22)12-4-2-3-5-14(12)18/h2-5,8-9,11,22H,6-7H2,1H3,(H,20,21). The molecule has 0 atom stereocenters. The minimum atomic E-state index is -0.419. The summed E-state index contributed by atoms with van der Waals surface area (Å²) < 4.78 is 15.1. The Morgan fingerprint density at radius 2 is 2.05 bits per heavy atom. The lowest BCUT2D eigenvalue weighted by atomic mass is 10.1. The number of rotatable bonds is 3. The molecule has 0 aliphatic heterocycles. The summed E-state index contributed by atoms with van der Waals surface area (Å²) in [5, 5.41) is 9.39. The zero-order valence-corrected chi connectivity index (χ0v) is 14.3. The Bertz CT molecular complexity index is 741. The molecule has 2 N–H and O–H groups in total. The van der Waals surface area contributed by atoms with Crippen LogP contribution in [0, 0.1) is 16.3 Å². The average molecular weight is 410 g/mol. The highest BCUT2D eigenvalue weighted by molar-refractivity contribution is 14.1. The summed E-state index contributed by atoms with van der Waals surface area (Å²) in [6.45, 7) is 2.02. The van der Waals surface area contributed by atoms with Crippen LogP contribution in [-0.4, -0.2) is 11.0 Å². The first kappa shape index (κ1) is 15.4. The van der Waals surface area contributed by atoms with Gasteiger partial charge in [-0.3, -0.25) is 10.7 Å². The van der Waals surface area contributed by atoms with E-state index in [4.69, 9.17) is 0 Å². The number of halogens is 2. The minimum absolute atomic E-state index is 0.126. The molecule has 2 aromatic rings. The molecule has 0 bridgehead atoms. The molecule has 0 amide bonds. The van der Waals surface area contributed by atoms with Crippen LogP contribution >= 0.6 is 22.6 Å². The van der Waals surface area contributed by atoms with Crippen molar-refractivity contribution < 1.29 is 9.60 Å². The van der Waals surface area contributed by atoms with Crippen molar-refractivity contribution in [1.29, 1.82) is 0 Å². The lowest BCUT2D eigenvalue weighted by Gasteiger charge is -2.11. The molecule has 1 aliphatic carbocycles. The summed E-state index contributed by atoms with van der Waals surface area (Å²) in [7, 11) is 0. The van der Waals surface area contributed by atoms with E-state index >= 15 is 0 Å². The van der Waals surface area contributed by atoms with Crippen molar-refractivity contribution in [3.63, 3.8) is 0 Å². The van der Waals surface area contributed by atoms with Crippen LogP contribution in [0.1, 0.15) is 35.4 Å². The molecule has 1 saturated carbocycles. The van der Waals surface area contributed by atoms with Gasteiger partial charge in [0, 0.05) is 3.57 Å². The third kappa shape index (κ3) is 3.15. The van der Waals surface area contributed by atoms with Crippen LogP contribution in [0.15, 0.2) is 41.4 Å². The molecular formula is C17H16FIN2O. The highest BCUT2D eigenvalue weighted by Crippen LogP contribution is 2.45. The molecule has 0 saturated heterocycles. The third-order valence-electron chi connectivity index (χ3n) is 3.79. The van der Waals surface area contributed by atoms with E-state index in [0.29, 0.717) is 5.92 Å². The first-order valence-electron chi connectivity index (χ1n) is 7.14. The van der Waals surface area contributed by atoms with Gasteiger partial charge in [-0.15, -0.1) is 0 Å². The molecule has 0 spiro atoms. The minimum Gasteiger partial charge on any atom is -0.290 e. The summed E-state index contributed by atoms with van der Waals surface area (Å²) in [4.78, 5) is 4.48. The summed E-state index contributed by atoms with van der Waals surface area (Å²) >= 11 is 2.31. The van der Waals surface area contributed by atoms with Gasteiger partial charge in [-0.05, 0) is 83.7 Å².